The molecule has 3 rings (SSSR count). The molecule has 0 bridgehead atoms. The van der Waals surface area contributed by atoms with E-state index in [0.29, 0.717) is 34.3 Å². The summed E-state index contributed by atoms with van der Waals surface area (Å²) in [4.78, 5) is 12.5. The van der Waals surface area contributed by atoms with Gasteiger partial charge < -0.3 is 9.30 Å². The van der Waals surface area contributed by atoms with Crippen LogP contribution in [0.25, 0.3) is 11.1 Å². The first-order valence-corrected chi connectivity index (χ1v) is 10.3. The zero-order chi connectivity index (χ0) is 18.9. The second kappa shape index (κ2) is 7.20. The van der Waals surface area contributed by atoms with Crippen molar-refractivity contribution in [1.82, 2.24) is 4.57 Å². The molecule has 0 spiro atoms. The Balaban J connectivity index is 2.12. The van der Waals surface area contributed by atoms with Crippen LogP contribution in [0, 0.1) is 18.3 Å². The van der Waals surface area contributed by atoms with Crippen molar-refractivity contribution < 1.29 is 13.8 Å². The van der Waals surface area contributed by atoms with Crippen LogP contribution in [-0.2, 0) is 7.05 Å². The maximum Gasteiger partial charge on any atom is 0.266 e. The summed E-state index contributed by atoms with van der Waals surface area (Å²) in [5, 5.41) is 0. The van der Waals surface area contributed by atoms with Gasteiger partial charge in [-0.05, 0) is 49.9 Å². The molecule has 26 heavy (non-hydrogen) atoms. The first-order chi connectivity index (χ1) is 12.4. The fraction of sp³-hybridized carbons (Fsp3) is 0.350. The highest BCUT2D eigenvalue weighted by Gasteiger charge is 2.23. The van der Waals surface area contributed by atoms with Gasteiger partial charge >= 0.3 is 0 Å². The van der Waals surface area contributed by atoms with E-state index in [0.717, 1.165) is 0 Å². The highest BCUT2D eigenvalue weighted by molar-refractivity contribution is 8.24. The van der Waals surface area contributed by atoms with Gasteiger partial charge in [0.1, 0.15) is 5.75 Å². The third-order valence-corrected chi connectivity index (χ3v) is 6.37. The first-order valence-electron chi connectivity index (χ1n) is 8.56. The summed E-state index contributed by atoms with van der Waals surface area (Å²) in [6, 6.07) is 6.82. The molecule has 1 saturated carbocycles. The number of aryl methyl sites for hydroxylation is 1. The molecule has 0 saturated heterocycles. The number of rotatable bonds is 6. The molecule has 6 heteroatoms. The number of pyridine rings is 1. The summed E-state index contributed by atoms with van der Waals surface area (Å²) in [6.07, 6.45) is 9.49. The van der Waals surface area contributed by atoms with Crippen molar-refractivity contribution >= 4 is 10.6 Å². The van der Waals surface area contributed by atoms with Crippen molar-refractivity contribution in [3.63, 3.8) is 0 Å². The Labute approximate surface area is 155 Å². The summed E-state index contributed by atoms with van der Waals surface area (Å²) >= 11 is 0. The zero-order valence-corrected chi connectivity index (χ0v) is 15.8. The monoisotopic (exact) mass is 373 g/mol. The third-order valence-electron chi connectivity index (χ3n) is 4.55. The Morgan fingerprint density at radius 2 is 2.08 bits per heavy atom. The van der Waals surface area contributed by atoms with Gasteiger partial charge in [0.15, 0.2) is 0 Å². The van der Waals surface area contributed by atoms with Gasteiger partial charge in [0.25, 0.3) is 5.56 Å². The van der Waals surface area contributed by atoms with Crippen molar-refractivity contribution in [1.29, 1.82) is 0 Å². The van der Waals surface area contributed by atoms with Gasteiger partial charge in [0, 0.05) is 30.1 Å². The number of nitrogens with zero attached hydrogens (tertiary/aromatic N) is 1. The first kappa shape index (κ1) is 18.6. The summed E-state index contributed by atoms with van der Waals surface area (Å²) < 4.78 is 28.0. The molecule has 1 aliphatic rings. The second-order valence-corrected chi connectivity index (χ2v) is 8.95. The van der Waals surface area contributed by atoms with Crippen LogP contribution < -0.4 is 10.3 Å². The fourth-order valence-corrected chi connectivity index (χ4v) is 3.61. The minimum Gasteiger partial charge on any atom is -0.493 e. The molecule has 2 aromatic rings. The van der Waals surface area contributed by atoms with E-state index in [9.17, 15) is 13.9 Å². The van der Waals surface area contributed by atoms with E-state index in [2.05, 4.69) is 5.92 Å². The van der Waals surface area contributed by atoms with Crippen molar-refractivity contribution in [3.05, 3.63) is 46.4 Å². The number of aromatic nitrogens is 1. The third kappa shape index (κ3) is 3.80. The minimum atomic E-state index is -2.86. The topological polar surface area (TPSA) is 71.7 Å². The molecule has 138 valence electrons. The zero-order valence-electron chi connectivity index (χ0n) is 14.9. The van der Waals surface area contributed by atoms with E-state index in [1.165, 1.54) is 17.4 Å². The molecule has 0 aliphatic heterocycles. The minimum absolute atomic E-state index is 0.234. The maximum absolute atomic E-state index is 12.1. The molecule has 1 aromatic carbocycles. The molecule has 1 fully saturated rings. The lowest BCUT2D eigenvalue weighted by Gasteiger charge is -2.31. The molecule has 0 atom stereocenters. The summed E-state index contributed by atoms with van der Waals surface area (Å²) in [5.41, 5.74) is 1.42. The van der Waals surface area contributed by atoms with Gasteiger partial charge in [0.2, 0.25) is 0 Å². The van der Waals surface area contributed by atoms with Gasteiger partial charge in [-0.15, -0.1) is 6.42 Å². The van der Waals surface area contributed by atoms with Crippen molar-refractivity contribution in [2.45, 2.75) is 24.7 Å². The Kier molecular flexibility index (Phi) is 5.15. The van der Waals surface area contributed by atoms with Crippen LogP contribution in [0.2, 0.25) is 0 Å². The molecule has 1 aromatic heterocycles. The highest BCUT2D eigenvalue weighted by atomic mass is 32.3. The average molecular weight is 373 g/mol. The molecule has 0 radical (unpaired) electrons. The van der Waals surface area contributed by atoms with E-state index in [4.69, 9.17) is 11.2 Å². The van der Waals surface area contributed by atoms with Gasteiger partial charge in [-0.3, -0.25) is 13.9 Å². The predicted molar refractivity (Wildman–Crippen MR) is 105 cm³/mol. The van der Waals surface area contributed by atoms with E-state index in [-0.39, 0.29) is 16.9 Å². The lowest BCUT2D eigenvalue weighted by molar-refractivity contribution is 0.301. The SMILES string of the molecule is C#Cc1cc(-c2cc(S(O)(O)CC)ccc2OCC2CC2)cn(C)c1=O. The Bertz CT molecular complexity index is 922. The lowest BCUT2D eigenvalue weighted by Crippen LogP contribution is -2.19. The quantitative estimate of drug-likeness (QED) is 0.752. The molecule has 1 heterocycles. The number of ether oxygens (including phenoxy) is 1. The van der Waals surface area contributed by atoms with Gasteiger partial charge in [-0.1, -0.05) is 5.92 Å². The van der Waals surface area contributed by atoms with Gasteiger partial charge in [-0.25, -0.2) is 0 Å². The van der Waals surface area contributed by atoms with Gasteiger partial charge in [0.05, 0.1) is 17.1 Å². The number of hydrogen-bond acceptors (Lipinski definition) is 4. The molecular formula is C20H23NO4S. The molecule has 0 amide bonds. The number of terminal acetylenes is 1. The van der Waals surface area contributed by atoms with Crippen LogP contribution in [0.1, 0.15) is 25.3 Å². The van der Waals surface area contributed by atoms with E-state index in [1.54, 1.807) is 44.4 Å². The van der Waals surface area contributed by atoms with Crippen LogP contribution in [0.3, 0.4) is 0 Å². The lowest BCUT2D eigenvalue weighted by atomic mass is 10.0. The molecular weight excluding hydrogens is 350 g/mol. The Morgan fingerprint density at radius 1 is 1.35 bits per heavy atom. The highest BCUT2D eigenvalue weighted by Crippen LogP contribution is 2.49. The Hall–Kier alpha value is -2.20. The summed E-state index contributed by atoms with van der Waals surface area (Å²) in [5.74, 6) is 3.88. The van der Waals surface area contributed by atoms with Crippen molar-refractivity contribution in [2.75, 3.05) is 12.4 Å². The Morgan fingerprint density at radius 3 is 2.69 bits per heavy atom. The van der Waals surface area contributed by atoms with Crippen LogP contribution in [0.15, 0.2) is 40.2 Å². The average Bonchev–Trinajstić information content (AvgIpc) is 3.46. The van der Waals surface area contributed by atoms with Crippen LogP contribution in [0.5, 0.6) is 5.75 Å². The van der Waals surface area contributed by atoms with E-state index in [1.807, 2.05) is 0 Å². The smallest absolute Gasteiger partial charge is 0.266 e. The summed E-state index contributed by atoms with van der Waals surface area (Å²) in [6.45, 7) is 2.36. The number of hydrogen-bond donors (Lipinski definition) is 2. The predicted octanol–water partition coefficient (Wildman–Crippen LogP) is 3.95. The van der Waals surface area contributed by atoms with Crippen LogP contribution >= 0.6 is 10.6 Å². The largest absolute Gasteiger partial charge is 0.493 e. The molecule has 2 N–H and O–H groups in total. The molecule has 1 aliphatic carbocycles. The molecule has 0 unspecified atom stereocenters. The second-order valence-electron chi connectivity index (χ2n) is 6.57. The van der Waals surface area contributed by atoms with E-state index >= 15 is 0 Å². The molecule has 5 nitrogen and oxygen atoms in total. The number of benzene rings is 1. The van der Waals surface area contributed by atoms with E-state index < -0.39 is 10.6 Å². The van der Waals surface area contributed by atoms with Crippen molar-refractivity contribution in [2.24, 2.45) is 13.0 Å². The standard InChI is InChI=1S/C20H23NO4S/c1-4-15-10-16(12-21(3)20(15)22)18-11-17(26(23,24)5-2)8-9-19(18)25-13-14-6-7-14/h1,8-12,14,23-24H,5-7,13H2,2-3H3. The van der Waals surface area contributed by atoms with Crippen LogP contribution in [-0.4, -0.2) is 26.0 Å². The maximum atomic E-state index is 12.1. The van der Waals surface area contributed by atoms with Crippen LogP contribution in [0.4, 0.5) is 0 Å². The van der Waals surface area contributed by atoms with Gasteiger partial charge in [-0.2, -0.15) is 10.6 Å². The summed E-state index contributed by atoms with van der Waals surface area (Å²) in [7, 11) is -1.22. The fourth-order valence-electron chi connectivity index (χ4n) is 2.69. The van der Waals surface area contributed by atoms with Crippen molar-refractivity contribution in [3.8, 4) is 29.2 Å². The normalized spacial score (nSPS) is 14.7.